The Labute approximate surface area is 137 Å². The lowest BCUT2D eigenvalue weighted by molar-refractivity contribution is -0.121. The summed E-state index contributed by atoms with van der Waals surface area (Å²) in [5.41, 5.74) is 2.96. The van der Waals surface area contributed by atoms with Gasteiger partial charge in [0.05, 0.1) is 26.7 Å². The number of rotatable bonds is 6. The number of ether oxygens (including phenoxy) is 2. The molecule has 0 aromatic heterocycles. The Kier molecular flexibility index (Phi) is 5.63. The second-order valence-corrected chi connectivity index (χ2v) is 5.51. The SMILES string of the molecule is COc1ccc(CC(=O)N[C@@H](C)c2ccccc2OC)cc1C. The topological polar surface area (TPSA) is 47.6 Å². The monoisotopic (exact) mass is 313 g/mol. The molecule has 0 unspecified atom stereocenters. The zero-order chi connectivity index (χ0) is 16.8. The van der Waals surface area contributed by atoms with Crippen LogP contribution in [0.15, 0.2) is 42.5 Å². The van der Waals surface area contributed by atoms with Crippen LogP contribution in [0.1, 0.15) is 29.7 Å². The van der Waals surface area contributed by atoms with Gasteiger partial charge in [-0.05, 0) is 37.1 Å². The summed E-state index contributed by atoms with van der Waals surface area (Å²) >= 11 is 0. The molecule has 0 fully saturated rings. The Morgan fingerprint density at radius 3 is 2.43 bits per heavy atom. The number of amides is 1. The smallest absolute Gasteiger partial charge is 0.224 e. The second kappa shape index (κ2) is 7.68. The molecule has 0 heterocycles. The Morgan fingerprint density at radius 1 is 1.09 bits per heavy atom. The Balaban J connectivity index is 2.03. The van der Waals surface area contributed by atoms with Crippen LogP contribution in [0.2, 0.25) is 0 Å². The summed E-state index contributed by atoms with van der Waals surface area (Å²) in [7, 11) is 3.27. The van der Waals surface area contributed by atoms with Crippen molar-refractivity contribution in [3.8, 4) is 11.5 Å². The van der Waals surface area contributed by atoms with E-state index in [9.17, 15) is 4.79 Å². The van der Waals surface area contributed by atoms with Crippen LogP contribution in [-0.4, -0.2) is 20.1 Å². The Hall–Kier alpha value is -2.49. The molecule has 0 saturated carbocycles. The van der Waals surface area contributed by atoms with Crippen molar-refractivity contribution in [2.75, 3.05) is 14.2 Å². The summed E-state index contributed by atoms with van der Waals surface area (Å²) < 4.78 is 10.6. The van der Waals surface area contributed by atoms with Crippen molar-refractivity contribution < 1.29 is 14.3 Å². The van der Waals surface area contributed by atoms with Gasteiger partial charge in [-0.3, -0.25) is 4.79 Å². The quantitative estimate of drug-likeness (QED) is 0.889. The predicted octanol–water partition coefficient (Wildman–Crippen LogP) is 3.43. The summed E-state index contributed by atoms with van der Waals surface area (Å²) in [5.74, 6) is 1.59. The average Bonchev–Trinajstić information content (AvgIpc) is 2.54. The molecule has 0 aliphatic rings. The average molecular weight is 313 g/mol. The van der Waals surface area contributed by atoms with E-state index in [2.05, 4.69) is 5.32 Å². The molecule has 0 aliphatic heterocycles. The molecule has 2 aromatic carbocycles. The first-order chi connectivity index (χ1) is 11.0. The highest BCUT2D eigenvalue weighted by molar-refractivity contribution is 5.79. The fourth-order valence-electron chi connectivity index (χ4n) is 2.63. The van der Waals surface area contributed by atoms with Gasteiger partial charge in [0.1, 0.15) is 11.5 Å². The van der Waals surface area contributed by atoms with Gasteiger partial charge >= 0.3 is 0 Å². The summed E-state index contributed by atoms with van der Waals surface area (Å²) in [6.45, 7) is 3.92. The number of carbonyl (C=O) groups excluding carboxylic acids is 1. The number of para-hydroxylation sites is 1. The minimum absolute atomic E-state index is 0.0204. The van der Waals surface area contributed by atoms with Crippen LogP contribution in [0.25, 0.3) is 0 Å². The van der Waals surface area contributed by atoms with Gasteiger partial charge in [-0.2, -0.15) is 0 Å². The molecule has 122 valence electrons. The Bertz CT molecular complexity index is 682. The van der Waals surface area contributed by atoms with Crippen LogP contribution in [0, 0.1) is 6.92 Å². The summed E-state index contributed by atoms with van der Waals surface area (Å²) in [4.78, 5) is 12.3. The third-order valence-corrected chi connectivity index (χ3v) is 3.81. The number of hydrogen-bond donors (Lipinski definition) is 1. The van der Waals surface area contributed by atoms with E-state index in [1.807, 2.05) is 56.3 Å². The van der Waals surface area contributed by atoms with E-state index >= 15 is 0 Å². The first-order valence-corrected chi connectivity index (χ1v) is 7.61. The van der Waals surface area contributed by atoms with E-state index in [0.717, 1.165) is 28.2 Å². The zero-order valence-electron chi connectivity index (χ0n) is 14.1. The Morgan fingerprint density at radius 2 is 1.78 bits per heavy atom. The third-order valence-electron chi connectivity index (χ3n) is 3.81. The molecule has 0 spiro atoms. The van der Waals surface area contributed by atoms with Crippen molar-refractivity contribution in [2.45, 2.75) is 26.3 Å². The lowest BCUT2D eigenvalue weighted by Crippen LogP contribution is -2.28. The van der Waals surface area contributed by atoms with Crippen LogP contribution in [-0.2, 0) is 11.2 Å². The summed E-state index contributed by atoms with van der Waals surface area (Å²) in [5, 5.41) is 3.02. The van der Waals surface area contributed by atoms with Gasteiger partial charge in [-0.15, -0.1) is 0 Å². The fraction of sp³-hybridized carbons (Fsp3) is 0.316. The number of aryl methyl sites for hydroxylation is 1. The number of hydrogen-bond acceptors (Lipinski definition) is 3. The number of methoxy groups -OCH3 is 2. The standard InChI is InChI=1S/C19H23NO3/c1-13-11-15(9-10-17(13)22-3)12-19(21)20-14(2)16-7-5-6-8-18(16)23-4/h5-11,14H,12H2,1-4H3,(H,20,21)/t14-/m0/s1. The molecular formula is C19H23NO3. The van der Waals surface area contributed by atoms with E-state index in [1.165, 1.54) is 0 Å². The zero-order valence-corrected chi connectivity index (χ0v) is 14.1. The maximum absolute atomic E-state index is 12.3. The maximum Gasteiger partial charge on any atom is 0.224 e. The largest absolute Gasteiger partial charge is 0.496 e. The molecule has 23 heavy (non-hydrogen) atoms. The van der Waals surface area contributed by atoms with Gasteiger partial charge in [-0.25, -0.2) is 0 Å². The summed E-state index contributed by atoms with van der Waals surface area (Å²) in [6.07, 6.45) is 0.338. The van der Waals surface area contributed by atoms with Crippen LogP contribution in [0.5, 0.6) is 11.5 Å². The lowest BCUT2D eigenvalue weighted by atomic mass is 10.1. The van der Waals surface area contributed by atoms with Crippen molar-refractivity contribution in [3.05, 3.63) is 59.2 Å². The van der Waals surface area contributed by atoms with Crippen LogP contribution in [0.4, 0.5) is 0 Å². The van der Waals surface area contributed by atoms with Crippen molar-refractivity contribution >= 4 is 5.91 Å². The highest BCUT2D eigenvalue weighted by atomic mass is 16.5. The van der Waals surface area contributed by atoms with E-state index < -0.39 is 0 Å². The third kappa shape index (κ3) is 4.25. The first-order valence-electron chi connectivity index (χ1n) is 7.61. The van der Waals surface area contributed by atoms with E-state index in [1.54, 1.807) is 14.2 Å². The first kappa shape index (κ1) is 16.9. The van der Waals surface area contributed by atoms with Gasteiger partial charge < -0.3 is 14.8 Å². The van der Waals surface area contributed by atoms with Crippen molar-refractivity contribution in [3.63, 3.8) is 0 Å². The second-order valence-electron chi connectivity index (χ2n) is 5.51. The van der Waals surface area contributed by atoms with Crippen molar-refractivity contribution in [2.24, 2.45) is 0 Å². The predicted molar refractivity (Wildman–Crippen MR) is 91.0 cm³/mol. The lowest BCUT2D eigenvalue weighted by Gasteiger charge is -2.17. The highest BCUT2D eigenvalue weighted by Gasteiger charge is 2.14. The van der Waals surface area contributed by atoms with Crippen LogP contribution < -0.4 is 14.8 Å². The van der Waals surface area contributed by atoms with Crippen LogP contribution >= 0.6 is 0 Å². The van der Waals surface area contributed by atoms with Gasteiger partial charge in [0.25, 0.3) is 0 Å². The van der Waals surface area contributed by atoms with E-state index in [0.29, 0.717) is 6.42 Å². The number of benzene rings is 2. The molecule has 1 atom stereocenters. The normalized spacial score (nSPS) is 11.7. The summed E-state index contributed by atoms with van der Waals surface area (Å²) in [6, 6.07) is 13.4. The molecule has 2 rings (SSSR count). The van der Waals surface area contributed by atoms with Crippen molar-refractivity contribution in [1.29, 1.82) is 0 Å². The molecule has 2 aromatic rings. The number of nitrogens with one attached hydrogen (secondary N) is 1. The fourth-order valence-corrected chi connectivity index (χ4v) is 2.63. The molecule has 4 heteroatoms. The minimum atomic E-state index is -0.113. The van der Waals surface area contributed by atoms with Gasteiger partial charge in [0.15, 0.2) is 0 Å². The molecule has 0 bridgehead atoms. The molecule has 0 saturated heterocycles. The number of carbonyl (C=O) groups is 1. The molecule has 0 aliphatic carbocycles. The molecule has 1 amide bonds. The van der Waals surface area contributed by atoms with Gasteiger partial charge in [0.2, 0.25) is 5.91 Å². The molecule has 1 N–H and O–H groups in total. The molecular weight excluding hydrogens is 290 g/mol. The van der Waals surface area contributed by atoms with E-state index in [4.69, 9.17) is 9.47 Å². The van der Waals surface area contributed by atoms with Crippen LogP contribution in [0.3, 0.4) is 0 Å². The van der Waals surface area contributed by atoms with Gasteiger partial charge in [-0.1, -0.05) is 30.3 Å². The highest BCUT2D eigenvalue weighted by Crippen LogP contribution is 2.24. The maximum atomic E-state index is 12.3. The minimum Gasteiger partial charge on any atom is -0.496 e. The molecule has 4 nitrogen and oxygen atoms in total. The van der Waals surface area contributed by atoms with Gasteiger partial charge in [0, 0.05) is 5.56 Å². The van der Waals surface area contributed by atoms with Crippen molar-refractivity contribution in [1.82, 2.24) is 5.32 Å². The molecule has 0 radical (unpaired) electrons. The van der Waals surface area contributed by atoms with E-state index in [-0.39, 0.29) is 11.9 Å².